The van der Waals surface area contributed by atoms with Crippen molar-refractivity contribution in [3.05, 3.63) is 0 Å². The summed E-state index contributed by atoms with van der Waals surface area (Å²) in [4.78, 5) is 51.6. The summed E-state index contributed by atoms with van der Waals surface area (Å²) >= 11 is 0. The highest BCUT2D eigenvalue weighted by Gasteiger charge is 2.52. The van der Waals surface area contributed by atoms with Crippen molar-refractivity contribution in [1.82, 2.24) is 15.5 Å². The van der Waals surface area contributed by atoms with Gasteiger partial charge in [-0.15, -0.1) is 0 Å². The summed E-state index contributed by atoms with van der Waals surface area (Å²) < 4.78 is 17.4. The van der Waals surface area contributed by atoms with E-state index in [0.717, 1.165) is 4.90 Å². The van der Waals surface area contributed by atoms with Crippen LogP contribution in [-0.2, 0) is 23.6 Å². The maximum atomic E-state index is 13.4. The van der Waals surface area contributed by atoms with Crippen molar-refractivity contribution < 1.29 is 43.4 Å². The van der Waals surface area contributed by atoms with Crippen molar-refractivity contribution in [3.8, 4) is 0 Å². The highest BCUT2D eigenvalue weighted by atomic mass is 16.7. The molecule has 2 rings (SSSR count). The zero-order valence-corrected chi connectivity index (χ0v) is 26.4. The molecule has 0 spiro atoms. The number of amides is 3. The molecule has 0 saturated carbocycles. The molecule has 3 atom stereocenters. The van der Waals surface area contributed by atoms with E-state index in [1.807, 2.05) is 27.7 Å². The SMILES string of the molecule is CC(C)(C)OC(=O)N[C@H](C(=O)N[C@H]1CCN(C(=O)O)[C@@](CCCCB2OC(C)(C)C(C)(C)O2)(C(=O)O)C1)C(C)(C)C. The van der Waals surface area contributed by atoms with Gasteiger partial charge in [0, 0.05) is 19.0 Å². The van der Waals surface area contributed by atoms with Gasteiger partial charge in [-0.05, 0) is 73.0 Å². The van der Waals surface area contributed by atoms with Crippen molar-refractivity contribution in [1.29, 1.82) is 0 Å². The Kier molecular flexibility index (Phi) is 10.5. The van der Waals surface area contributed by atoms with Crippen molar-refractivity contribution in [2.45, 2.75) is 142 Å². The minimum absolute atomic E-state index is 0.0521. The van der Waals surface area contributed by atoms with Crippen LogP contribution in [0.2, 0.25) is 6.32 Å². The van der Waals surface area contributed by atoms with Crippen LogP contribution in [0.25, 0.3) is 0 Å². The number of piperidine rings is 1. The van der Waals surface area contributed by atoms with Gasteiger partial charge in [-0.1, -0.05) is 33.6 Å². The van der Waals surface area contributed by atoms with Crippen molar-refractivity contribution in [3.63, 3.8) is 0 Å². The topological polar surface area (TPSA) is 164 Å². The van der Waals surface area contributed by atoms with Crippen LogP contribution in [0.15, 0.2) is 0 Å². The first-order valence-corrected chi connectivity index (χ1v) is 14.4. The van der Waals surface area contributed by atoms with E-state index >= 15 is 0 Å². The van der Waals surface area contributed by atoms with E-state index in [0.29, 0.717) is 19.2 Å². The first-order valence-electron chi connectivity index (χ1n) is 14.4. The molecule has 0 aromatic heterocycles. The standard InChI is InChI=1S/C28H50BN3O9/c1-24(2,3)19(31-22(36)39-25(4,5)6)20(33)30-18-13-16-32(23(37)38)28(17-18,21(34)35)14-11-12-15-29-40-26(7,8)27(9,10)41-29/h18-19H,11-17H2,1-10H3,(H,30,33)(H,31,36)(H,34,35)(H,37,38)/t18-,19+,28+/m0/s1. The molecule has 41 heavy (non-hydrogen) atoms. The van der Waals surface area contributed by atoms with Crippen LogP contribution in [0.3, 0.4) is 0 Å². The van der Waals surface area contributed by atoms with Gasteiger partial charge in [0.25, 0.3) is 0 Å². The van der Waals surface area contributed by atoms with Crippen molar-refractivity contribution >= 4 is 31.2 Å². The summed E-state index contributed by atoms with van der Waals surface area (Å²) in [6.45, 7) is 18.3. The monoisotopic (exact) mass is 583 g/mol. The molecule has 234 valence electrons. The quantitative estimate of drug-likeness (QED) is 0.229. The third-order valence-electron chi connectivity index (χ3n) is 8.15. The molecular formula is C28H50BN3O9. The number of carbonyl (C=O) groups excluding carboxylic acids is 2. The Hall–Kier alpha value is -2.54. The van der Waals surface area contributed by atoms with Crippen LogP contribution in [0.1, 0.15) is 101 Å². The van der Waals surface area contributed by atoms with E-state index < -0.39 is 71.0 Å². The highest BCUT2D eigenvalue weighted by Crippen LogP contribution is 2.39. The number of aliphatic carboxylic acids is 1. The van der Waals surface area contributed by atoms with Gasteiger partial charge >= 0.3 is 25.3 Å². The lowest BCUT2D eigenvalue weighted by molar-refractivity contribution is -0.154. The minimum atomic E-state index is -1.71. The number of rotatable bonds is 9. The molecule has 0 unspecified atom stereocenters. The number of nitrogens with one attached hydrogen (secondary N) is 2. The van der Waals surface area contributed by atoms with E-state index in [-0.39, 0.29) is 25.8 Å². The van der Waals surface area contributed by atoms with Crippen LogP contribution in [0.4, 0.5) is 9.59 Å². The maximum Gasteiger partial charge on any atom is 0.457 e. The van der Waals surface area contributed by atoms with E-state index in [2.05, 4.69) is 10.6 Å². The van der Waals surface area contributed by atoms with Crippen LogP contribution in [-0.4, -0.2) is 87.3 Å². The van der Waals surface area contributed by atoms with E-state index in [4.69, 9.17) is 14.0 Å². The predicted molar refractivity (Wildman–Crippen MR) is 154 cm³/mol. The summed E-state index contributed by atoms with van der Waals surface area (Å²) in [5.41, 5.74) is -4.10. The molecule has 0 radical (unpaired) electrons. The number of alkyl carbamates (subject to hydrolysis) is 1. The van der Waals surface area contributed by atoms with Crippen LogP contribution >= 0.6 is 0 Å². The number of hydrogen-bond acceptors (Lipinski definition) is 7. The Morgan fingerprint density at radius 1 is 1.00 bits per heavy atom. The molecule has 2 saturated heterocycles. The van der Waals surface area contributed by atoms with E-state index in [1.54, 1.807) is 41.5 Å². The molecule has 0 aromatic carbocycles. The maximum absolute atomic E-state index is 13.4. The lowest BCUT2D eigenvalue weighted by Crippen LogP contribution is -2.65. The fraction of sp³-hybridized carbons (Fsp3) is 0.857. The smallest absolute Gasteiger partial charge is 0.457 e. The van der Waals surface area contributed by atoms with Gasteiger partial charge in [-0.2, -0.15) is 0 Å². The van der Waals surface area contributed by atoms with Crippen LogP contribution in [0, 0.1) is 5.41 Å². The summed E-state index contributed by atoms with van der Waals surface area (Å²) in [5.74, 6) is -1.74. The third-order valence-corrected chi connectivity index (χ3v) is 8.15. The number of hydrogen-bond donors (Lipinski definition) is 4. The van der Waals surface area contributed by atoms with Crippen LogP contribution < -0.4 is 10.6 Å². The average molecular weight is 584 g/mol. The fourth-order valence-corrected chi connectivity index (χ4v) is 5.26. The second kappa shape index (κ2) is 12.4. The molecule has 0 aliphatic carbocycles. The summed E-state index contributed by atoms with van der Waals surface area (Å²) in [6.07, 6.45) is -0.311. The average Bonchev–Trinajstić information content (AvgIpc) is 2.98. The highest BCUT2D eigenvalue weighted by molar-refractivity contribution is 6.45. The molecule has 0 aromatic rings. The third kappa shape index (κ3) is 8.73. The second-order valence-electron chi connectivity index (χ2n) is 14.3. The van der Waals surface area contributed by atoms with Gasteiger partial charge in [0.2, 0.25) is 5.91 Å². The normalized spacial score (nSPS) is 24.9. The van der Waals surface area contributed by atoms with Gasteiger partial charge in [-0.3, -0.25) is 9.69 Å². The first kappa shape index (κ1) is 34.7. The molecule has 2 fully saturated rings. The zero-order chi connectivity index (χ0) is 31.6. The molecule has 4 N–H and O–H groups in total. The van der Waals surface area contributed by atoms with Gasteiger partial charge in [-0.25, -0.2) is 14.4 Å². The molecule has 12 nitrogen and oxygen atoms in total. The molecular weight excluding hydrogens is 533 g/mol. The molecule has 13 heteroatoms. The molecule has 2 aliphatic heterocycles. The lowest BCUT2D eigenvalue weighted by Gasteiger charge is -2.46. The zero-order valence-electron chi connectivity index (χ0n) is 26.4. The van der Waals surface area contributed by atoms with E-state index in [1.165, 1.54) is 0 Å². The van der Waals surface area contributed by atoms with Gasteiger partial charge in [0.05, 0.1) is 11.2 Å². The van der Waals surface area contributed by atoms with Crippen molar-refractivity contribution in [2.75, 3.05) is 6.54 Å². The molecule has 2 heterocycles. The Morgan fingerprint density at radius 3 is 2.02 bits per heavy atom. The summed E-state index contributed by atoms with van der Waals surface area (Å²) in [7, 11) is -0.429. The Balaban J connectivity index is 2.13. The number of unbranched alkanes of at least 4 members (excludes halogenated alkanes) is 1. The van der Waals surface area contributed by atoms with Crippen molar-refractivity contribution in [2.24, 2.45) is 5.41 Å². The number of ether oxygens (including phenoxy) is 1. The largest absolute Gasteiger partial charge is 0.479 e. The number of nitrogens with zero attached hydrogens (tertiary/aromatic N) is 1. The Labute approximate surface area is 244 Å². The molecule has 2 aliphatic rings. The lowest BCUT2D eigenvalue weighted by atomic mass is 9.77. The number of carbonyl (C=O) groups is 4. The van der Waals surface area contributed by atoms with Gasteiger partial charge < -0.3 is 34.9 Å². The number of carboxylic acid groups (broad SMARTS) is 2. The number of likely N-dealkylation sites (tertiary alicyclic amines) is 1. The number of carboxylic acids is 1. The predicted octanol–water partition coefficient (Wildman–Crippen LogP) is 4.27. The summed E-state index contributed by atoms with van der Waals surface area (Å²) in [5, 5.41) is 25.7. The fourth-order valence-electron chi connectivity index (χ4n) is 5.26. The van der Waals surface area contributed by atoms with Gasteiger partial charge in [0.1, 0.15) is 17.2 Å². The van der Waals surface area contributed by atoms with Crippen LogP contribution in [0.5, 0.6) is 0 Å². The Morgan fingerprint density at radius 2 is 1.56 bits per heavy atom. The molecule has 0 bridgehead atoms. The Bertz CT molecular complexity index is 973. The minimum Gasteiger partial charge on any atom is -0.479 e. The van der Waals surface area contributed by atoms with E-state index in [9.17, 15) is 29.4 Å². The second-order valence-corrected chi connectivity index (χ2v) is 14.3. The summed E-state index contributed by atoms with van der Waals surface area (Å²) in [6, 6.07) is -1.57. The first-order chi connectivity index (χ1) is 18.5. The van der Waals surface area contributed by atoms with Gasteiger partial charge in [0.15, 0.2) is 0 Å². The molecule has 3 amide bonds.